The predicted octanol–water partition coefficient (Wildman–Crippen LogP) is 4.74. The first-order valence-electron chi connectivity index (χ1n) is 13.1. The number of hydrogen-bond donors (Lipinski definition) is 0. The second-order valence-electron chi connectivity index (χ2n) is 9.97. The lowest BCUT2D eigenvalue weighted by Gasteiger charge is -2.37. The molecule has 2 atom stereocenters. The van der Waals surface area contributed by atoms with Crippen LogP contribution in [0.1, 0.15) is 40.5 Å². The molecule has 0 spiro atoms. The molecule has 0 saturated carbocycles. The highest BCUT2D eigenvalue weighted by atomic mass is 32.2. The fourth-order valence-corrected chi connectivity index (χ4v) is 7.48. The number of para-hydroxylation sites is 1. The third-order valence-corrected chi connectivity index (χ3v) is 10.1. The van der Waals surface area contributed by atoms with E-state index in [1.165, 1.54) is 9.18 Å². The van der Waals surface area contributed by atoms with Crippen LogP contribution in [0.3, 0.4) is 0 Å². The van der Waals surface area contributed by atoms with Gasteiger partial charge in [-0.05, 0) is 73.9 Å². The van der Waals surface area contributed by atoms with Crippen molar-refractivity contribution in [3.8, 4) is 5.75 Å². The molecule has 1 aromatic heterocycles. The molecule has 9 heteroatoms. The molecule has 0 radical (unpaired) electrons. The van der Waals surface area contributed by atoms with Gasteiger partial charge in [0, 0.05) is 24.6 Å². The number of nitrogens with zero attached hydrogens (tertiary/aromatic N) is 2. The second kappa shape index (κ2) is 11.6. The fourth-order valence-electron chi connectivity index (χ4n) is 5.13. The van der Waals surface area contributed by atoms with Gasteiger partial charge in [-0.2, -0.15) is 4.31 Å². The molecule has 2 aliphatic rings. The Labute approximate surface area is 229 Å². The molecular formula is C29H34N2O5S2. The van der Waals surface area contributed by atoms with Crippen molar-refractivity contribution in [2.45, 2.75) is 50.2 Å². The van der Waals surface area contributed by atoms with E-state index < -0.39 is 10.0 Å². The van der Waals surface area contributed by atoms with E-state index in [1.807, 2.05) is 43.5 Å². The van der Waals surface area contributed by atoms with E-state index in [9.17, 15) is 13.2 Å². The van der Waals surface area contributed by atoms with Gasteiger partial charge in [0.1, 0.15) is 12.4 Å². The number of rotatable bonds is 9. The Kier molecular flexibility index (Phi) is 8.18. The van der Waals surface area contributed by atoms with E-state index in [0.29, 0.717) is 19.8 Å². The molecule has 0 N–H and O–H groups in total. The lowest BCUT2D eigenvalue weighted by atomic mass is 10.0. The molecule has 3 aromatic rings. The Morgan fingerprint density at radius 1 is 1.13 bits per heavy atom. The summed E-state index contributed by atoms with van der Waals surface area (Å²) in [6.45, 7) is 5.26. The summed E-state index contributed by atoms with van der Waals surface area (Å²) in [6, 6.07) is 16.4. The smallest absolute Gasteiger partial charge is 0.243 e. The molecule has 202 valence electrons. The summed E-state index contributed by atoms with van der Waals surface area (Å²) in [5, 5.41) is 2.05. The molecule has 5 rings (SSSR count). The first-order valence-corrected chi connectivity index (χ1v) is 15.4. The third kappa shape index (κ3) is 5.81. The van der Waals surface area contributed by atoms with Crippen molar-refractivity contribution in [1.82, 2.24) is 9.21 Å². The summed E-state index contributed by atoms with van der Waals surface area (Å²) in [5.74, 6) is 0.554. The van der Waals surface area contributed by atoms with E-state index in [1.54, 1.807) is 40.5 Å². The molecule has 1 saturated heterocycles. The highest BCUT2D eigenvalue weighted by Crippen LogP contribution is 2.34. The van der Waals surface area contributed by atoms with Gasteiger partial charge in [0.05, 0.1) is 23.6 Å². The van der Waals surface area contributed by atoms with Crippen molar-refractivity contribution in [3.05, 3.63) is 81.5 Å². The largest absolute Gasteiger partial charge is 0.491 e. The van der Waals surface area contributed by atoms with E-state index in [2.05, 4.69) is 6.07 Å². The number of sulfonamides is 1. The van der Waals surface area contributed by atoms with Crippen LogP contribution < -0.4 is 4.74 Å². The Hall–Kier alpha value is -2.72. The van der Waals surface area contributed by atoms with Crippen molar-refractivity contribution in [2.75, 3.05) is 32.8 Å². The van der Waals surface area contributed by atoms with Gasteiger partial charge in [0.2, 0.25) is 15.9 Å². The average molecular weight is 555 g/mol. The minimum absolute atomic E-state index is 0.157. The van der Waals surface area contributed by atoms with Crippen LogP contribution in [0.25, 0.3) is 0 Å². The van der Waals surface area contributed by atoms with E-state index in [0.717, 1.165) is 41.7 Å². The standard InChI is InChI=1S/C29H34N2O5S2/c1-21-9-11-24(12-10-21)38(33,34)30(18-23-7-5-16-35-23)19-29(32)31-15-13-28-25(14-17-37-28)26(31)20-36-27-8-4-3-6-22(27)2/h3-4,6,8-12,14,17,23,26H,5,7,13,15-16,18-20H2,1-2H3/t23-,26+/m0/s1. The van der Waals surface area contributed by atoms with Crippen molar-refractivity contribution >= 4 is 27.3 Å². The van der Waals surface area contributed by atoms with E-state index >= 15 is 0 Å². The van der Waals surface area contributed by atoms with Crippen molar-refractivity contribution in [1.29, 1.82) is 0 Å². The van der Waals surface area contributed by atoms with Gasteiger partial charge >= 0.3 is 0 Å². The number of aryl methyl sites for hydroxylation is 2. The summed E-state index contributed by atoms with van der Waals surface area (Å²) < 4.78 is 40.7. The SMILES string of the molecule is Cc1ccc(S(=O)(=O)N(CC(=O)N2CCc3sccc3[C@H]2COc2ccccc2C)C[C@@H]2CCCO2)cc1. The zero-order valence-corrected chi connectivity index (χ0v) is 23.5. The molecule has 3 heterocycles. The minimum atomic E-state index is -3.89. The normalized spacial score (nSPS) is 19.5. The number of thiophene rings is 1. The molecule has 2 aromatic carbocycles. The third-order valence-electron chi connectivity index (χ3n) is 7.31. The van der Waals surface area contributed by atoms with Crippen molar-refractivity contribution < 1.29 is 22.7 Å². The lowest BCUT2D eigenvalue weighted by molar-refractivity contribution is -0.135. The first kappa shape index (κ1) is 26.9. The lowest BCUT2D eigenvalue weighted by Crippen LogP contribution is -2.49. The Morgan fingerprint density at radius 3 is 2.66 bits per heavy atom. The van der Waals surface area contributed by atoms with Crippen molar-refractivity contribution in [3.63, 3.8) is 0 Å². The van der Waals surface area contributed by atoms with Crippen LogP contribution in [0.15, 0.2) is 64.9 Å². The van der Waals surface area contributed by atoms with Gasteiger partial charge in [-0.15, -0.1) is 11.3 Å². The molecule has 0 unspecified atom stereocenters. The Bertz CT molecular complexity index is 1360. The number of fused-ring (bicyclic) bond motifs is 1. The number of hydrogen-bond acceptors (Lipinski definition) is 6. The van der Waals surface area contributed by atoms with E-state index in [4.69, 9.17) is 9.47 Å². The van der Waals surface area contributed by atoms with Gasteiger partial charge in [0.25, 0.3) is 0 Å². The average Bonchev–Trinajstić information content (AvgIpc) is 3.60. The number of carbonyl (C=O) groups is 1. The Balaban J connectivity index is 1.39. The zero-order valence-electron chi connectivity index (χ0n) is 21.8. The van der Waals surface area contributed by atoms with Gasteiger partial charge in [-0.3, -0.25) is 4.79 Å². The highest BCUT2D eigenvalue weighted by molar-refractivity contribution is 7.89. The fraction of sp³-hybridized carbons (Fsp3) is 0.414. The van der Waals surface area contributed by atoms with Crippen LogP contribution >= 0.6 is 11.3 Å². The molecular weight excluding hydrogens is 520 g/mol. The summed E-state index contributed by atoms with van der Waals surface area (Å²) in [4.78, 5) is 17.1. The molecule has 38 heavy (non-hydrogen) atoms. The van der Waals surface area contributed by atoms with Crippen LogP contribution in [0.5, 0.6) is 5.75 Å². The maximum absolute atomic E-state index is 13.9. The quantitative estimate of drug-likeness (QED) is 0.382. The van der Waals surface area contributed by atoms with Crippen LogP contribution in [0, 0.1) is 13.8 Å². The maximum Gasteiger partial charge on any atom is 0.243 e. The summed E-state index contributed by atoms with van der Waals surface area (Å²) in [7, 11) is -3.89. The van der Waals surface area contributed by atoms with Crippen LogP contribution in [0.2, 0.25) is 0 Å². The zero-order chi connectivity index (χ0) is 26.7. The molecule has 7 nitrogen and oxygen atoms in total. The van der Waals surface area contributed by atoms with Gasteiger partial charge in [-0.25, -0.2) is 8.42 Å². The molecule has 0 bridgehead atoms. The van der Waals surface area contributed by atoms with E-state index in [-0.39, 0.29) is 36.0 Å². The summed E-state index contributed by atoms with van der Waals surface area (Å²) >= 11 is 1.69. The first-order chi connectivity index (χ1) is 18.3. The van der Waals surface area contributed by atoms with Gasteiger partial charge in [-0.1, -0.05) is 35.9 Å². The molecule has 2 aliphatic heterocycles. The maximum atomic E-state index is 13.9. The number of ether oxygens (including phenoxy) is 2. The number of carbonyl (C=O) groups excluding carboxylic acids is 1. The topological polar surface area (TPSA) is 76.2 Å². The van der Waals surface area contributed by atoms with Crippen LogP contribution in [-0.2, 0) is 26.0 Å². The molecule has 1 amide bonds. The van der Waals surface area contributed by atoms with Gasteiger partial charge in [0.15, 0.2) is 0 Å². The molecule has 1 fully saturated rings. The van der Waals surface area contributed by atoms with Crippen molar-refractivity contribution in [2.24, 2.45) is 0 Å². The molecule has 0 aliphatic carbocycles. The van der Waals surface area contributed by atoms with Crippen LogP contribution in [-0.4, -0.2) is 62.5 Å². The summed E-state index contributed by atoms with van der Waals surface area (Å²) in [6.07, 6.45) is 2.20. The minimum Gasteiger partial charge on any atom is -0.491 e. The van der Waals surface area contributed by atoms with Gasteiger partial charge < -0.3 is 14.4 Å². The van der Waals surface area contributed by atoms with Crippen LogP contribution in [0.4, 0.5) is 0 Å². The summed E-state index contributed by atoms with van der Waals surface area (Å²) in [5.41, 5.74) is 3.08. The predicted molar refractivity (Wildman–Crippen MR) is 148 cm³/mol. The Morgan fingerprint density at radius 2 is 1.92 bits per heavy atom. The highest BCUT2D eigenvalue weighted by Gasteiger charge is 2.36. The monoisotopic (exact) mass is 554 g/mol. The second-order valence-corrected chi connectivity index (χ2v) is 12.9. The number of benzene rings is 2. The number of amides is 1.